The van der Waals surface area contributed by atoms with Gasteiger partial charge in [0.1, 0.15) is 5.75 Å². The minimum atomic E-state index is 0. The van der Waals surface area contributed by atoms with Gasteiger partial charge in [0.05, 0.1) is 7.11 Å². The number of benzene rings is 1. The highest BCUT2D eigenvalue weighted by atomic mass is 35.5. The fourth-order valence-electron chi connectivity index (χ4n) is 2.06. The lowest BCUT2D eigenvalue weighted by atomic mass is 10.1. The first kappa shape index (κ1) is 19.7. The summed E-state index contributed by atoms with van der Waals surface area (Å²) in [5.41, 5.74) is 6.56. The highest BCUT2D eigenvalue weighted by Crippen LogP contribution is 2.13. The monoisotopic (exact) mass is 314 g/mol. The highest BCUT2D eigenvalue weighted by Gasteiger charge is 2.08. The number of carbonyl (C=O) groups excluding carboxylic acids is 1. The first-order valence-corrected chi connectivity index (χ1v) is 7.24. The largest absolute Gasteiger partial charge is 0.497 e. The molecule has 0 unspecified atom stereocenters. The lowest BCUT2D eigenvalue weighted by Gasteiger charge is -2.17. The molecule has 5 heteroatoms. The number of hydrogen-bond acceptors (Lipinski definition) is 3. The van der Waals surface area contributed by atoms with Crippen molar-refractivity contribution in [2.24, 2.45) is 5.73 Å². The zero-order valence-electron chi connectivity index (χ0n) is 13.0. The highest BCUT2D eigenvalue weighted by molar-refractivity contribution is 5.85. The van der Waals surface area contributed by atoms with Crippen LogP contribution in [0.3, 0.4) is 0 Å². The van der Waals surface area contributed by atoms with Crippen molar-refractivity contribution in [2.75, 3.05) is 20.7 Å². The van der Waals surface area contributed by atoms with Gasteiger partial charge < -0.3 is 15.4 Å². The molecule has 0 spiro atoms. The number of ether oxygens (including phenoxy) is 1. The lowest BCUT2D eigenvalue weighted by Crippen LogP contribution is -2.25. The van der Waals surface area contributed by atoms with E-state index in [1.807, 2.05) is 31.3 Å². The van der Waals surface area contributed by atoms with E-state index < -0.39 is 0 Å². The number of nitrogens with two attached hydrogens (primary N) is 1. The molecule has 0 aromatic heterocycles. The van der Waals surface area contributed by atoms with Crippen LogP contribution >= 0.6 is 12.4 Å². The summed E-state index contributed by atoms with van der Waals surface area (Å²) in [6.07, 6.45) is 4.82. The molecular weight excluding hydrogens is 288 g/mol. The minimum absolute atomic E-state index is 0. The Morgan fingerprint density at radius 3 is 2.33 bits per heavy atom. The van der Waals surface area contributed by atoms with Crippen LogP contribution < -0.4 is 10.5 Å². The number of rotatable bonds is 9. The van der Waals surface area contributed by atoms with Gasteiger partial charge in [-0.05, 0) is 37.1 Å². The number of carbonyl (C=O) groups is 1. The van der Waals surface area contributed by atoms with Gasteiger partial charge in [0.25, 0.3) is 0 Å². The van der Waals surface area contributed by atoms with Crippen molar-refractivity contribution >= 4 is 18.3 Å². The molecule has 0 aliphatic carbocycles. The average Bonchev–Trinajstić information content (AvgIpc) is 2.47. The van der Waals surface area contributed by atoms with Gasteiger partial charge in [-0.1, -0.05) is 25.0 Å². The third-order valence-corrected chi connectivity index (χ3v) is 3.35. The van der Waals surface area contributed by atoms with Gasteiger partial charge in [-0.3, -0.25) is 4.79 Å². The quantitative estimate of drug-likeness (QED) is 0.713. The second kappa shape index (κ2) is 11.4. The van der Waals surface area contributed by atoms with E-state index in [-0.39, 0.29) is 18.3 Å². The second-order valence-electron chi connectivity index (χ2n) is 5.05. The predicted molar refractivity (Wildman–Crippen MR) is 88.9 cm³/mol. The Bertz CT molecular complexity index is 396. The molecule has 2 N–H and O–H groups in total. The van der Waals surface area contributed by atoms with Crippen LogP contribution in [0.25, 0.3) is 0 Å². The van der Waals surface area contributed by atoms with Crippen molar-refractivity contribution in [1.82, 2.24) is 4.90 Å². The molecule has 120 valence electrons. The lowest BCUT2D eigenvalue weighted by molar-refractivity contribution is -0.130. The number of methoxy groups -OCH3 is 1. The SMILES string of the molecule is COc1ccc(CN(C)C(=O)CCCCCCN)cc1.Cl. The molecule has 0 aliphatic rings. The number of hydrogen-bond donors (Lipinski definition) is 1. The van der Waals surface area contributed by atoms with Gasteiger partial charge in [0.2, 0.25) is 5.91 Å². The molecule has 1 rings (SSSR count). The Hall–Kier alpha value is -1.26. The van der Waals surface area contributed by atoms with Crippen molar-refractivity contribution < 1.29 is 9.53 Å². The van der Waals surface area contributed by atoms with E-state index in [9.17, 15) is 4.79 Å². The van der Waals surface area contributed by atoms with E-state index in [1.54, 1.807) is 12.0 Å². The molecule has 0 saturated heterocycles. The number of halogens is 1. The summed E-state index contributed by atoms with van der Waals surface area (Å²) in [5, 5.41) is 0. The molecule has 0 atom stereocenters. The van der Waals surface area contributed by atoms with E-state index >= 15 is 0 Å². The summed E-state index contributed by atoms with van der Waals surface area (Å²) in [6.45, 7) is 1.39. The molecule has 0 aliphatic heterocycles. The van der Waals surface area contributed by atoms with E-state index in [2.05, 4.69) is 0 Å². The van der Waals surface area contributed by atoms with Crippen LogP contribution in [-0.4, -0.2) is 31.5 Å². The molecule has 0 fully saturated rings. The van der Waals surface area contributed by atoms with Crippen molar-refractivity contribution in [1.29, 1.82) is 0 Å². The Labute approximate surface area is 134 Å². The molecular formula is C16H27ClN2O2. The third-order valence-electron chi connectivity index (χ3n) is 3.35. The van der Waals surface area contributed by atoms with Gasteiger partial charge in [-0.25, -0.2) is 0 Å². The predicted octanol–water partition coefficient (Wildman–Crippen LogP) is 2.98. The van der Waals surface area contributed by atoms with Crippen LogP contribution in [0.1, 0.15) is 37.7 Å². The maximum atomic E-state index is 12.0. The Morgan fingerprint density at radius 1 is 1.14 bits per heavy atom. The van der Waals surface area contributed by atoms with Gasteiger partial charge in [0.15, 0.2) is 0 Å². The Balaban J connectivity index is 0.00000400. The zero-order chi connectivity index (χ0) is 14.8. The van der Waals surface area contributed by atoms with Gasteiger partial charge in [-0.2, -0.15) is 0 Å². The fourth-order valence-corrected chi connectivity index (χ4v) is 2.06. The van der Waals surface area contributed by atoms with Crippen LogP contribution in [-0.2, 0) is 11.3 Å². The fraction of sp³-hybridized carbons (Fsp3) is 0.562. The standard InChI is InChI=1S/C16H26N2O2.ClH/c1-18(16(19)7-5-3-4-6-12-17)13-14-8-10-15(20-2)11-9-14;/h8-11H,3-7,12-13,17H2,1-2H3;1H. The Morgan fingerprint density at radius 2 is 1.76 bits per heavy atom. The van der Waals surface area contributed by atoms with Gasteiger partial charge in [0, 0.05) is 20.0 Å². The molecule has 0 heterocycles. The zero-order valence-corrected chi connectivity index (χ0v) is 13.8. The van der Waals surface area contributed by atoms with E-state index in [1.165, 1.54) is 0 Å². The van der Waals surface area contributed by atoms with Crippen LogP contribution in [0.2, 0.25) is 0 Å². The number of unbranched alkanes of at least 4 members (excludes halogenated alkanes) is 3. The average molecular weight is 315 g/mol. The Kier molecular flexibility index (Phi) is 10.7. The summed E-state index contributed by atoms with van der Waals surface area (Å²) in [6, 6.07) is 7.81. The molecule has 0 bridgehead atoms. The summed E-state index contributed by atoms with van der Waals surface area (Å²) in [4.78, 5) is 13.8. The first-order valence-electron chi connectivity index (χ1n) is 7.24. The molecule has 1 aromatic carbocycles. The normalized spacial score (nSPS) is 9.86. The molecule has 1 amide bonds. The van der Waals surface area contributed by atoms with Crippen LogP contribution in [0.4, 0.5) is 0 Å². The van der Waals surface area contributed by atoms with Crippen molar-refractivity contribution in [3.63, 3.8) is 0 Å². The van der Waals surface area contributed by atoms with Crippen molar-refractivity contribution in [2.45, 2.75) is 38.6 Å². The molecule has 0 radical (unpaired) electrons. The summed E-state index contributed by atoms with van der Waals surface area (Å²) in [5.74, 6) is 1.04. The summed E-state index contributed by atoms with van der Waals surface area (Å²) in [7, 11) is 3.50. The van der Waals surface area contributed by atoms with E-state index in [0.29, 0.717) is 13.0 Å². The summed E-state index contributed by atoms with van der Waals surface area (Å²) < 4.78 is 5.12. The van der Waals surface area contributed by atoms with Gasteiger partial charge in [-0.15, -0.1) is 12.4 Å². The maximum absolute atomic E-state index is 12.0. The molecule has 0 saturated carbocycles. The van der Waals surface area contributed by atoms with Crippen molar-refractivity contribution in [3.05, 3.63) is 29.8 Å². The second-order valence-corrected chi connectivity index (χ2v) is 5.05. The summed E-state index contributed by atoms with van der Waals surface area (Å²) >= 11 is 0. The van der Waals surface area contributed by atoms with E-state index in [0.717, 1.165) is 43.5 Å². The molecule has 1 aromatic rings. The molecule has 4 nitrogen and oxygen atoms in total. The van der Waals surface area contributed by atoms with Crippen LogP contribution in [0, 0.1) is 0 Å². The maximum Gasteiger partial charge on any atom is 0.222 e. The van der Waals surface area contributed by atoms with Gasteiger partial charge >= 0.3 is 0 Å². The minimum Gasteiger partial charge on any atom is -0.497 e. The smallest absolute Gasteiger partial charge is 0.222 e. The van der Waals surface area contributed by atoms with Crippen molar-refractivity contribution in [3.8, 4) is 5.75 Å². The van der Waals surface area contributed by atoms with Crippen LogP contribution in [0.15, 0.2) is 24.3 Å². The third kappa shape index (κ3) is 7.93. The first-order chi connectivity index (χ1) is 9.67. The number of nitrogens with zero attached hydrogens (tertiary/aromatic N) is 1. The topological polar surface area (TPSA) is 55.6 Å². The molecule has 21 heavy (non-hydrogen) atoms. The van der Waals surface area contributed by atoms with Crippen LogP contribution in [0.5, 0.6) is 5.75 Å². The van der Waals surface area contributed by atoms with E-state index in [4.69, 9.17) is 10.5 Å². The number of amides is 1.